The van der Waals surface area contributed by atoms with E-state index in [4.69, 9.17) is 4.74 Å². The van der Waals surface area contributed by atoms with Crippen molar-refractivity contribution < 1.29 is 19.1 Å². The van der Waals surface area contributed by atoms with Gasteiger partial charge in [-0.15, -0.1) is 0 Å². The Kier molecular flexibility index (Phi) is 5.87. The average Bonchev–Trinajstić information content (AvgIpc) is 3.47. The Balaban J connectivity index is 1.24. The van der Waals surface area contributed by atoms with Gasteiger partial charge in [-0.3, -0.25) is 14.4 Å². The predicted molar refractivity (Wildman–Crippen MR) is 143 cm³/mol. The maximum atomic E-state index is 13.7. The number of aromatic amines is 1. The summed E-state index contributed by atoms with van der Waals surface area (Å²) in [7, 11) is 1.60. The average molecular weight is 509 g/mol. The van der Waals surface area contributed by atoms with Crippen molar-refractivity contribution in [3.63, 3.8) is 0 Å². The van der Waals surface area contributed by atoms with Crippen LogP contribution in [0.1, 0.15) is 45.7 Å². The fourth-order valence-electron chi connectivity index (χ4n) is 5.60. The molecule has 2 aliphatic heterocycles. The molecule has 3 heterocycles. The molecule has 0 unspecified atom stereocenters. The molecule has 0 spiro atoms. The molecule has 2 aliphatic rings. The lowest BCUT2D eigenvalue weighted by Gasteiger charge is -2.37. The molecule has 0 fully saturated rings. The minimum absolute atomic E-state index is 0.174. The summed E-state index contributed by atoms with van der Waals surface area (Å²) in [6, 6.07) is 21.0. The van der Waals surface area contributed by atoms with Gasteiger partial charge in [0.2, 0.25) is 11.8 Å². The van der Waals surface area contributed by atoms with Crippen LogP contribution in [0.2, 0.25) is 0 Å². The smallest absolute Gasteiger partial charge is 0.255 e. The van der Waals surface area contributed by atoms with E-state index in [1.165, 1.54) is 0 Å². The lowest BCUT2D eigenvalue weighted by molar-refractivity contribution is -0.131. The van der Waals surface area contributed by atoms with Crippen LogP contribution in [0.15, 0.2) is 72.8 Å². The van der Waals surface area contributed by atoms with Crippen molar-refractivity contribution in [1.82, 2.24) is 20.5 Å². The van der Waals surface area contributed by atoms with Gasteiger partial charge >= 0.3 is 0 Å². The largest absolute Gasteiger partial charge is 0.497 e. The monoisotopic (exact) mass is 508 g/mol. The number of nitrogens with zero attached hydrogens (tertiary/aromatic N) is 1. The molecule has 8 nitrogen and oxygen atoms in total. The number of methoxy groups -OCH3 is 1. The van der Waals surface area contributed by atoms with Gasteiger partial charge < -0.3 is 25.3 Å². The number of nitrogens with one attached hydrogen (secondary N) is 3. The maximum Gasteiger partial charge on any atom is 0.255 e. The third-order valence-electron chi connectivity index (χ3n) is 7.53. The number of hydrogen-bond donors (Lipinski definition) is 3. The summed E-state index contributed by atoms with van der Waals surface area (Å²) >= 11 is 0. The topological polar surface area (TPSA) is 104 Å². The summed E-state index contributed by atoms with van der Waals surface area (Å²) in [5, 5.41) is 6.77. The van der Waals surface area contributed by atoms with Crippen molar-refractivity contribution in [2.24, 2.45) is 0 Å². The second kappa shape index (κ2) is 9.37. The van der Waals surface area contributed by atoms with E-state index < -0.39 is 12.1 Å². The Labute approximate surface area is 220 Å². The Morgan fingerprint density at radius 2 is 1.79 bits per heavy atom. The van der Waals surface area contributed by atoms with Gasteiger partial charge in [-0.25, -0.2) is 0 Å². The van der Waals surface area contributed by atoms with Gasteiger partial charge in [0, 0.05) is 35.1 Å². The third kappa shape index (κ3) is 3.89. The molecule has 8 heteroatoms. The van der Waals surface area contributed by atoms with Gasteiger partial charge in [0.15, 0.2) is 0 Å². The summed E-state index contributed by atoms with van der Waals surface area (Å²) in [5.74, 6) is -0.0836. The first-order chi connectivity index (χ1) is 18.5. The van der Waals surface area contributed by atoms with Crippen LogP contribution in [0, 0.1) is 0 Å². The van der Waals surface area contributed by atoms with Crippen LogP contribution in [0.25, 0.3) is 10.9 Å². The van der Waals surface area contributed by atoms with Crippen molar-refractivity contribution in [3.8, 4) is 5.75 Å². The number of carbonyl (C=O) groups excluding carboxylic acids is 3. The van der Waals surface area contributed by atoms with E-state index in [-0.39, 0.29) is 23.8 Å². The fourth-order valence-corrected chi connectivity index (χ4v) is 5.60. The number of H-pyrrole nitrogens is 1. The number of amides is 3. The fraction of sp³-hybridized carbons (Fsp3) is 0.233. The number of aromatic nitrogens is 1. The summed E-state index contributed by atoms with van der Waals surface area (Å²) in [4.78, 5) is 45.2. The van der Waals surface area contributed by atoms with E-state index in [9.17, 15) is 14.4 Å². The van der Waals surface area contributed by atoms with E-state index in [1.54, 1.807) is 18.9 Å². The highest BCUT2D eigenvalue weighted by Crippen LogP contribution is 2.46. The molecular formula is C30H28N4O4. The summed E-state index contributed by atoms with van der Waals surface area (Å²) in [6.45, 7) is 1.98. The Bertz CT molecular complexity index is 1560. The van der Waals surface area contributed by atoms with Gasteiger partial charge in [-0.1, -0.05) is 48.5 Å². The lowest BCUT2D eigenvalue weighted by atomic mass is 9.90. The highest BCUT2D eigenvalue weighted by Gasteiger charge is 2.49. The second-order valence-corrected chi connectivity index (χ2v) is 9.78. The molecule has 4 aromatic rings. The van der Waals surface area contributed by atoms with E-state index in [0.717, 1.165) is 39.0 Å². The number of benzene rings is 3. The SMILES string of the molecule is COc1ccc(CNC(=O)[C@H](C)NC(=O)[C@@H]2Cc3c([nH]c4ccccc34)[C@H]3c4ccccc4C(=O)N32)cc1. The first kappa shape index (κ1) is 23.8. The molecule has 1 aromatic heterocycles. The van der Waals surface area contributed by atoms with Crippen LogP contribution < -0.4 is 15.4 Å². The maximum absolute atomic E-state index is 13.7. The van der Waals surface area contributed by atoms with Gasteiger partial charge in [0.1, 0.15) is 17.8 Å². The molecule has 3 atom stereocenters. The summed E-state index contributed by atoms with van der Waals surface area (Å²) in [6.07, 6.45) is 0.363. The molecule has 6 rings (SSSR count). The third-order valence-corrected chi connectivity index (χ3v) is 7.53. The van der Waals surface area contributed by atoms with E-state index >= 15 is 0 Å². The van der Waals surface area contributed by atoms with E-state index in [1.807, 2.05) is 72.8 Å². The minimum atomic E-state index is -0.774. The van der Waals surface area contributed by atoms with Crippen LogP contribution in [0.4, 0.5) is 0 Å². The van der Waals surface area contributed by atoms with Gasteiger partial charge in [0.05, 0.1) is 13.2 Å². The zero-order valence-electron chi connectivity index (χ0n) is 21.2. The quantitative estimate of drug-likeness (QED) is 0.371. The molecule has 3 amide bonds. The number of fused-ring (bicyclic) bond motifs is 7. The Morgan fingerprint density at radius 1 is 1.05 bits per heavy atom. The number of para-hydroxylation sites is 1. The molecule has 0 saturated heterocycles. The Hall–Kier alpha value is -4.59. The number of carbonyl (C=O) groups is 3. The molecule has 0 aliphatic carbocycles. The van der Waals surface area contributed by atoms with Crippen LogP contribution >= 0.6 is 0 Å². The van der Waals surface area contributed by atoms with Crippen molar-refractivity contribution in [2.75, 3.05) is 7.11 Å². The van der Waals surface area contributed by atoms with Crippen LogP contribution in [-0.2, 0) is 22.6 Å². The van der Waals surface area contributed by atoms with Gasteiger partial charge in [-0.2, -0.15) is 0 Å². The Morgan fingerprint density at radius 3 is 2.58 bits per heavy atom. The number of hydrogen-bond acceptors (Lipinski definition) is 4. The highest BCUT2D eigenvalue weighted by molar-refractivity contribution is 6.04. The van der Waals surface area contributed by atoms with Crippen LogP contribution in [-0.4, -0.2) is 46.8 Å². The van der Waals surface area contributed by atoms with Crippen molar-refractivity contribution in [1.29, 1.82) is 0 Å². The van der Waals surface area contributed by atoms with E-state index in [2.05, 4.69) is 15.6 Å². The number of ether oxygens (including phenoxy) is 1. The normalized spacial score (nSPS) is 18.4. The van der Waals surface area contributed by atoms with Crippen molar-refractivity contribution in [2.45, 2.75) is 38.0 Å². The minimum Gasteiger partial charge on any atom is -0.497 e. The first-order valence-corrected chi connectivity index (χ1v) is 12.7. The molecular weight excluding hydrogens is 480 g/mol. The zero-order valence-corrected chi connectivity index (χ0v) is 21.2. The van der Waals surface area contributed by atoms with E-state index in [0.29, 0.717) is 18.5 Å². The zero-order chi connectivity index (χ0) is 26.4. The molecule has 3 aromatic carbocycles. The van der Waals surface area contributed by atoms with Crippen molar-refractivity contribution in [3.05, 3.63) is 101 Å². The molecule has 192 valence electrons. The number of rotatable bonds is 6. The summed E-state index contributed by atoms with van der Waals surface area (Å²) < 4.78 is 5.17. The van der Waals surface area contributed by atoms with Crippen LogP contribution in [0.3, 0.4) is 0 Å². The second-order valence-electron chi connectivity index (χ2n) is 9.78. The standard InChI is InChI=1S/C30H28N4O4/c1-17(28(35)31-16-18-11-13-19(38-2)14-12-18)32-29(36)25-15-23-20-7-5-6-10-24(20)33-26(23)27-21-8-3-4-9-22(21)30(37)34(25)27/h3-14,17,25,27,33H,15-16H2,1-2H3,(H,31,35)(H,32,36)/t17-,25-,27+/m0/s1. The highest BCUT2D eigenvalue weighted by atomic mass is 16.5. The van der Waals surface area contributed by atoms with Crippen LogP contribution in [0.5, 0.6) is 5.75 Å². The van der Waals surface area contributed by atoms with Gasteiger partial charge in [0.25, 0.3) is 5.91 Å². The summed E-state index contributed by atoms with van der Waals surface area (Å²) in [5.41, 5.74) is 5.35. The molecule has 0 saturated carbocycles. The lowest BCUT2D eigenvalue weighted by Crippen LogP contribution is -2.55. The molecule has 0 radical (unpaired) electrons. The predicted octanol–water partition coefficient (Wildman–Crippen LogP) is 3.47. The van der Waals surface area contributed by atoms with Crippen molar-refractivity contribution >= 4 is 28.6 Å². The van der Waals surface area contributed by atoms with Gasteiger partial charge in [-0.05, 0) is 47.9 Å². The molecule has 3 N–H and O–H groups in total. The molecule has 0 bridgehead atoms. The first-order valence-electron chi connectivity index (χ1n) is 12.7. The molecule has 38 heavy (non-hydrogen) atoms.